The van der Waals surface area contributed by atoms with Gasteiger partial charge in [-0.15, -0.1) is 0 Å². The fourth-order valence-electron chi connectivity index (χ4n) is 2.07. The standard InChI is InChI=1S/C19H14Cl2O3/c20-18-16(22)10-11-17(19(18)21)24-15-8-6-14(7-9-15)23-12-13-4-2-1-3-5-13/h1-11,22H,12H2. The second-order valence-electron chi connectivity index (χ2n) is 5.06. The Labute approximate surface area is 150 Å². The van der Waals surface area contributed by atoms with Crippen LogP contribution < -0.4 is 9.47 Å². The lowest BCUT2D eigenvalue weighted by Gasteiger charge is -2.10. The minimum Gasteiger partial charge on any atom is -0.506 e. The van der Waals surface area contributed by atoms with Gasteiger partial charge in [0.05, 0.1) is 0 Å². The van der Waals surface area contributed by atoms with Crippen molar-refractivity contribution in [2.24, 2.45) is 0 Å². The van der Waals surface area contributed by atoms with E-state index in [4.69, 9.17) is 32.7 Å². The molecule has 5 heteroatoms. The number of phenolic OH excluding ortho intramolecular Hbond substituents is 1. The SMILES string of the molecule is Oc1ccc(Oc2ccc(OCc3ccccc3)cc2)c(Cl)c1Cl. The Balaban J connectivity index is 1.65. The summed E-state index contributed by atoms with van der Waals surface area (Å²) >= 11 is 11.9. The van der Waals surface area contributed by atoms with Gasteiger partial charge < -0.3 is 14.6 Å². The zero-order valence-electron chi connectivity index (χ0n) is 12.6. The average Bonchev–Trinajstić information content (AvgIpc) is 2.62. The molecule has 0 saturated heterocycles. The lowest BCUT2D eigenvalue weighted by atomic mass is 10.2. The first-order valence-corrected chi connectivity index (χ1v) is 8.00. The normalized spacial score (nSPS) is 10.4. The molecule has 24 heavy (non-hydrogen) atoms. The van der Waals surface area contributed by atoms with Crippen LogP contribution in [0.2, 0.25) is 10.0 Å². The van der Waals surface area contributed by atoms with Gasteiger partial charge in [0.15, 0.2) is 0 Å². The molecule has 0 heterocycles. The first kappa shape index (κ1) is 16.5. The summed E-state index contributed by atoms with van der Waals surface area (Å²) in [6.07, 6.45) is 0. The van der Waals surface area contributed by atoms with Crippen LogP contribution in [0.25, 0.3) is 0 Å². The Kier molecular flexibility index (Phi) is 5.14. The second kappa shape index (κ2) is 7.47. The molecule has 3 rings (SSSR count). The van der Waals surface area contributed by atoms with Crippen molar-refractivity contribution < 1.29 is 14.6 Å². The molecule has 0 unspecified atom stereocenters. The fraction of sp³-hybridized carbons (Fsp3) is 0.0526. The molecule has 0 amide bonds. The van der Waals surface area contributed by atoms with Crippen LogP contribution in [-0.4, -0.2) is 5.11 Å². The van der Waals surface area contributed by atoms with E-state index in [9.17, 15) is 5.11 Å². The van der Waals surface area contributed by atoms with Crippen LogP contribution in [0.15, 0.2) is 66.7 Å². The molecular formula is C19H14Cl2O3. The highest BCUT2D eigenvalue weighted by molar-refractivity contribution is 6.43. The fourth-order valence-corrected chi connectivity index (χ4v) is 2.43. The van der Waals surface area contributed by atoms with Crippen LogP contribution >= 0.6 is 23.2 Å². The van der Waals surface area contributed by atoms with Crippen LogP contribution in [0.1, 0.15) is 5.56 Å². The molecule has 3 nitrogen and oxygen atoms in total. The van der Waals surface area contributed by atoms with Gasteiger partial charge in [-0.2, -0.15) is 0 Å². The third-order valence-corrected chi connectivity index (χ3v) is 4.18. The summed E-state index contributed by atoms with van der Waals surface area (Å²) in [6, 6.07) is 20.1. The topological polar surface area (TPSA) is 38.7 Å². The lowest BCUT2D eigenvalue weighted by molar-refractivity contribution is 0.306. The molecule has 0 aliphatic carbocycles. The van der Waals surface area contributed by atoms with Crippen LogP contribution in [0.4, 0.5) is 0 Å². The highest BCUT2D eigenvalue weighted by Gasteiger charge is 2.11. The number of halogens is 2. The molecule has 0 spiro atoms. The number of ether oxygens (including phenoxy) is 2. The number of hydrogen-bond donors (Lipinski definition) is 1. The smallest absolute Gasteiger partial charge is 0.147 e. The van der Waals surface area contributed by atoms with Crippen molar-refractivity contribution in [3.8, 4) is 23.0 Å². The van der Waals surface area contributed by atoms with E-state index in [1.54, 1.807) is 18.2 Å². The first-order chi connectivity index (χ1) is 11.6. The van der Waals surface area contributed by atoms with Gasteiger partial charge in [0.1, 0.15) is 39.7 Å². The maximum Gasteiger partial charge on any atom is 0.147 e. The largest absolute Gasteiger partial charge is 0.506 e. The highest BCUT2D eigenvalue weighted by atomic mass is 35.5. The van der Waals surface area contributed by atoms with E-state index in [1.807, 2.05) is 42.5 Å². The van der Waals surface area contributed by atoms with Crippen LogP contribution in [-0.2, 0) is 6.61 Å². The van der Waals surface area contributed by atoms with Gasteiger partial charge in [0, 0.05) is 0 Å². The number of hydrogen-bond acceptors (Lipinski definition) is 3. The first-order valence-electron chi connectivity index (χ1n) is 7.25. The van der Waals surface area contributed by atoms with Crippen molar-refractivity contribution in [1.82, 2.24) is 0 Å². The summed E-state index contributed by atoms with van der Waals surface area (Å²) in [5.41, 5.74) is 1.10. The Bertz CT molecular complexity index is 818. The van der Waals surface area contributed by atoms with Crippen LogP contribution in [0.3, 0.4) is 0 Å². The van der Waals surface area contributed by atoms with Gasteiger partial charge in [0.25, 0.3) is 0 Å². The molecular weight excluding hydrogens is 347 g/mol. The summed E-state index contributed by atoms with van der Waals surface area (Å²) in [4.78, 5) is 0. The molecule has 122 valence electrons. The van der Waals surface area contributed by atoms with Gasteiger partial charge in [-0.3, -0.25) is 0 Å². The number of rotatable bonds is 5. The zero-order valence-corrected chi connectivity index (χ0v) is 14.1. The molecule has 0 saturated carbocycles. The quantitative estimate of drug-likeness (QED) is 0.599. The molecule has 0 fully saturated rings. The van der Waals surface area contributed by atoms with E-state index in [2.05, 4.69) is 0 Å². The average molecular weight is 361 g/mol. The summed E-state index contributed by atoms with van der Waals surface area (Å²) < 4.78 is 11.4. The van der Waals surface area contributed by atoms with Gasteiger partial charge in [-0.05, 0) is 42.0 Å². The van der Waals surface area contributed by atoms with E-state index in [1.165, 1.54) is 6.07 Å². The molecule has 0 atom stereocenters. The summed E-state index contributed by atoms with van der Waals surface area (Å²) in [7, 11) is 0. The molecule has 0 bridgehead atoms. The van der Waals surface area contributed by atoms with Crippen molar-refractivity contribution in [2.45, 2.75) is 6.61 Å². The van der Waals surface area contributed by atoms with Crippen molar-refractivity contribution >= 4 is 23.2 Å². The van der Waals surface area contributed by atoms with Gasteiger partial charge >= 0.3 is 0 Å². The van der Waals surface area contributed by atoms with Crippen molar-refractivity contribution in [3.05, 3.63) is 82.3 Å². The molecule has 0 aromatic heterocycles. The monoisotopic (exact) mass is 360 g/mol. The van der Waals surface area contributed by atoms with Gasteiger partial charge in [-0.25, -0.2) is 0 Å². The van der Waals surface area contributed by atoms with Crippen molar-refractivity contribution in [3.63, 3.8) is 0 Å². The molecule has 1 N–H and O–H groups in total. The molecule has 3 aromatic carbocycles. The highest BCUT2D eigenvalue weighted by Crippen LogP contribution is 2.40. The van der Waals surface area contributed by atoms with Gasteiger partial charge in [0.2, 0.25) is 0 Å². The van der Waals surface area contributed by atoms with E-state index in [-0.39, 0.29) is 15.8 Å². The Hall–Kier alpha value is -2.36. The molecule has 0 aliphatic rings. The maximum atomic E-state index is 9.49. The van der Waals surface area contributed by atoms with E-state index in [0.717, 1.165) is 11.3 Å². The predicted molar refractivity (Wildman–Crippen MR) is 95.4 cm³/mol. The summed E-state index contributed by atoms with van der Waals surface area (Å²) in [6.45, 7) is 0.500. The van der Waals surface area contributed by atoms with Crippen molar-refractivity contribution in [2.75, 3.05) is 0 Å². The zero-order chi connectivity index (χ0) is 16.9. The van der Waals surface area contributed by atoms with E-state index >= 15 is 0 Å². The van der Waals surface area contributed by atoms with Crippen molar-refractivity contribution in [1.29, 1.82) is 0 Å². The third kappa shape index (κ3) is 3.94. The Morgan fingerprint density at radius 2 is 1.42 bits per heavy atom. The number of phenols is 1. The van der Waals surface area contributed by atoms with E-state index in [0.29, 0.717) is 18.1 Å². The lowest BCUT2D eigenvalue weighted by Crippen LogP contribution is -1.94. The third-order valence-electron chi connectivity index (χ3n) is 3.33. The minimum absolute atomic E-state index is 0.0666. The number of aromatic hydroxyl groups is 1. The van der Waals surface area contributed by atoms with Gasteiger partial charge in [-0.1, -0.05) is 53.5 Å². The predicted octanol–water partition coefficient (Wildman–Crippen LogP) is 6.07. The number of benzene rings is 3. The second-order valence-corrected chi connectivity index (χ2v) is 5.81. The summed E-state index contributed by atoms with van der Waals surface area (Å²) in [5, 5.41) is 9.73. The van der Waals surface area contributed by atoms with Crippen LogP contribution in [0, 0.1) is 0 Å². The Morgan fingerprint density at radius 3 is 2.12 bits per heavy atom. The van der Waals surface area contributed by atoms with E-state index < -0.39 is 0 Å². The molecule has 3 aromatic rings. The summed E-state index contributed by atoms with van der Waals surface area (Å²) in [5.74, 6) is 1.61. The Morgan fingerprint density at radius 1 is 0.750 bits per heavy atom. The molecule has 0 aliphatic heterocycles. The minimum atomic E-state index is -0.0846. The molecule has 0 radical (unpaired) electrons. The van der Waals surface area contributed by atoms with Crippen LogP contribution in [0.5, 0.6) is 23.0 Å². The maximum absolute atomic E-state index is 9.49.